The van der Waals surface area contributed by atoms with E-state index in [0.29, 0.717) is 27.6 Å². The highest BCUT2D eigenvalue weighted by atomic mass is 35.5. The summed E-state index contributed by atoms with van der Waals surface area (Å²) in [6, 6.07) is 10.7. The molecule has 2 aromatic carbocycles. The van der Waals surface area contributed by atoms with E-state index in [0.717, 1.165) is 11.1 Å². The summed E-state index contributed by atoms with van der Waals surface area (Å²) in [7, 11) is 0. The van der Waals surface area contributed by atoms with E-state index in [-0.39, 0.29) is 0 Å². The summed E-state index contributed by atoms with van der Waals surface area (Å²) in [5.74, 6) is 1.17. The minimum Gasteiger partial charge on any atom is -0.456 e. The smallest absolute Gasteiger partial charge is 0.134 e. The van der Waals surface area contributed by atoms with Crippen LogP contribution in [0.2, 0.25) is 5.02 Å². The lowest BCUT2D eigenvalue weighted by Crippen LogP contribution is -1.99. The van der Waals surface area contributed by atoms with Gasteiger partial charge in [0.05, 0.1) is 17.7 Å². The molecule has 0 fully saturated rings. The van der Waals surface area contributed by atoms with Gasteiger partial charge >= 0.3 is 0 Å². The molecule has 4 heteroatoms. The fourth-order valence-corrected chi connectivity index (χ4v) is 2.53. The monoisotopic (exact) mass is 301 g/mol. The number of aryl methyl sites for hydroxylation is 2. The number of aliphatic hydroxyl groups excluding tert-OH is 1. The molecule has 3 nitrogen and oxygen atoms in total. The topological polar surface area (TPSA) is 53.2 Å². The van der Waals surface area contributed by atoms with Gasteiger partial charge in [-0.05, 0) is 56.2 Å². The normalized spacial score (nSPS) is 11.8. The lowest BCUT2D eigenvalue weighted by atomic mass is 10.1. The molecule has 0 spiro atoms. The molecule has 0 aliphatic heterocycles. The van der Waals surface area contributed by atoms with Crippen molar-refractivity contribution >= 4 is 11.6 Å². The Morgan fingerprint density at radius 3 is 2.33 bits per heavy atom. The summed E-state index contributed by atoms with van der Waals surface area (Å²) in [4.78, 5) is 0. The van der Waals surface area contributed by atoms with Crippen molar-refractivity contribution in [2.45, 2.75) is 26.9 Å². The second-order valence-corrected chi connectivity index (χ2v) is 5.45. The number of hydrogen-bond acceptors (Lipinski definition) is 3. The molecule has 1 unspecified atom stereocenters. The maximum absolute atomic E-state index is 9.84. The fourth-order valence-electron chi connectivity index (χ4n) is 2.21. The van der Waals surface area contributed by atoms with E-state index in [9.17, 15) is 5.11 Å². The SMILES string of the molecule is Cc1cc(Cl)cc(C)c1Oc1cc(C#N)ccc1C(C)O. The Kier molecular flexibility index (Phi) is 4.52. The summed E-state index contributed by atoms with van der Waals surface area (Å²) in [5.41, 5.74) is 2.93. The predicted octanol–water partition coefficient (Wildman–Crippen LogP) is 4.67. The quantitative estimate of drug-likeness (QED) is 0.896. The largest absolute Gasteiger partial charge is 0.456 e. The Morgan fingerprint density at radius 1 is 1.19 bits per heavy atom. The van der Waals surface area contributed by atoms with E-state index in [1.807, 2.05) is 26.0 Å². The van der Waals surface area contributed by atoms with E-state index in [1.54, 1.807) is 25.1 Å². The third-order valence-corrected chi connectivity index (χ3v) is 3.45. The van der Waals surface area contributed by atoms with Gasteiger partial charge in [-0.1, -0.05) is 17.7 Å². The zero-order valence-electron chi connectivity index (χ0n) is 12.1. The highest BCUT2D eigenvalue weighted by molar-refractivity contribution is 6.30. The Hall–Kier alpha value is -2.02. The molecule has 2 aromatic rings. The van der Waals surface area contributed by atoms with Gasteiger partial charge in [-0.15, -0.1) is 0 Å². The summed E-state index contributed by atoms with van der Waals surface area (Å²) < 4.78 is 5.96. The molecule has 0 radical (unpaired) electrons. The van der Waals surface area contributed by atoms with Crippen molar-refractivity contribution in [3.8, 4) is 17.6 Å². The number of halogens is 1. The first-order chi connectivity index (χ1) is 9.92. The van der Waals surface area contributed by atoms with Crippen molar-refractivity contribution in [3.63, 3.8) is 0 Å². The van der Waals surface area contributed by atoms with Gasteiger partial charge in [0.15, 0.2) is 0 Å². The van der Waals surface area contributed by atoms with E-state index in [4.69, 9.17) is 21.6 Å². The van der Waals surface area contributed by atoms with Gasteiger partial charge in [0.1, 0.15) is 11.5 Å². The first kappa shape index (κ1) is 15.4. The predicted molar refractivity (Wildman–Crippen MR) is 82.8 cm³/mol. The lowest BCUT2D eigenvalue weighted by molar-refractivity contribution is 0.195. The molecule has 0 aliphatic rings. The molecule has 0 aliphatic carbocycles. The zero-order chi connectivity index (χ0) is 15.6. The van der Waals surface area contributed by atoms with Crippen LogP contribution in [0.1, 0.15) is 35.3 Å². The number of nitriles is 1. The van der Waals surface area contributed by atoms with Crippen LogP contribution in [-0.4, -0.2) is 5.11 Å². The molecular formula is C17H16ClNO2. The van der Waals surface area contributed by atoms with E-state index < -0.39 is 6.10 Å². The first-order valence-corrected chi connectivity index (χ1v) is 6.97. The van der Waals surface area contributed by atoms with E-state index in [1.165, 1.54) is 0 Å². The number of hydrogen-bond donors (Lipinski definition) is 1. The minimum atomic E-state index is -0.680. The van der Waals surface area contributed by atoms with Gasteiger partial charge in [0.2, 0.25) is 0 Å². The molecule has 1 N–H and O–H groups in total. The molecule has 21 heavy (non-hydrogen) atoms. The Bertz CT molecular complexity index is 694. The number of rotatable bonds is 3. The molecule has 108 valence electrons. The van der Waals surface area contributed by atoms with Crippen LogP contribution in [0.5, 0.6) is 11.5 Å². The minimum absolute atomic E-state index is 0.484. The van der Waals surface area contributed by atoms with Crippen LogP contribution >= 0.6 is 11.6 Å². The summed E-state index contributed by atoms with van der Waals surface area (Å²) >= 11 is 6.02. The van der Waals surface area contributed by atoms with Gasteiger partial charge in [-0.25, -0.2) is 0 Å². The van der Waals surface area contributed by atoms with Gasteiger partial charge in [0, 0.05) is 10.6 Å². The third kappa shape index (κ3) is 3.36. The summed E-state index contributed by atoms with van der Waals surface area (Å²) in [6.45, 7) is 5.48. The summed E-state index contributed by atoms with van der Waals surface area (Å²) in [5, 5.41) is 19.5. The molecule has 0 saturated carbocycles. The van der Waals surface area contributed by atoms with Crippen LogP contribution in [-0.2, 0) is 0 Å². The van der Waals surface area contributed by atoms with E-state index >= 15 is 0 Å². The van der Waals surface area contributed by atoms with Crippen molar-refractivity contribution in [3.05, 3.63) is 57.6 Å². The number of aliphatic hydroxyl groups is 1. The Morgan fingerprint density at radius 2 is 1.81 bits per heavy atom. The van der Waals surface area contributed by atoms with Gasteiger partial charge in [-0.3, -0.25) is 0 Å². The lowest BCUT2D eigenvalue weighted by Gasteiger charge is -2.17. The van der Waals surface area contributed by atoms with Crippen molar-refractivity contribution in [2.24, 2.45) is 0 Å². The highest BCUT2D eigenvalue weighted by Crippen LogP contribution is 2.35. The van der Waals surface area contributed by atoms with Crippen molar-refractivity contribution in [1.29, 1.82) is 5.26 Å². The second-order valence-electron chi connectivity index (χ2n) is 5.01. The second kappa shape index (κ2) is 6.17. The Balaban J connectivity index is 2.51. The van der Waals surface area contributed by atoms with Gasteiger partial charge in [0.25, 0.3) is 0 Å². The number of benzene rings is 2. The molecule has 0 bridgehead atoms. The number of nitrogens with zero attached hydrogens (tertiary/aromatic N) is 1. The Labute approximate surface area is 129 Å². The molecule has 0 aromatic heterocycles. The summed E-state index contributed by atoms with van der Waals surface area (Å²) in [6.07, 6.45) is -0.680. The van der Waals surface area contributed by atoms with Crippen LogP contribution < -0.4 is 4.74 Å². The molecular weight excluding hydrogens is 286 g/mol. The average Bonchev–Trinajstić information content (AvgIpc) is 2.42. The first-order valence-electron chi connectivity index (χ1n) is 6.59. The molecule has 0 amide bonds. The van der Waals surface area contributed by atoms with E-state index in [2.05, 4.69) is 6.07 Å². The average molecular weight is 302 g/mol. The standard InChI is InChI=1S/C17H16ClNO2/c1-10-6-14(18)7-11(2)17(10)21-16-8-13(9-19)4-5-15(16)12(3)20/h4-8,12,20H,1-3H3. The van der Waals surface area contributed by atoms with Crippen molar-refractivity contribution in [1.82, 2.24) is 0 Å². The van der Waals surface area contributed by atoms with Gasteiger partial charge < -0.3 is 9.84 Å². The molecule has 0 saturated heterocycles. The molecule has 2 rings (SSSR count). The maximum atomic E-state index is 9.84. The van der Waals surface area contributed by atoms with Crippen LogP contribution in [0.25, 0.3) is 0 Å². The van der Waals surface area contributed by atoms with Crippen molar-refractivity contribution < 1.29 is 9.84 Å². The van der Waals surface area contributed by atoms with Crippen LogP contribution in [0.15, 0.2) is 30.3 Å². The number of ether oxygens (including phenoxy) is 1. The molecule has 1 atom stereocenters. The van der Waals surface area contributed by atoms with Gasteiger partial charge in [-0.2, -0.15) is 5.26 Å². The molecule has 0 heterocycles. The maximum Gasteiger partial charge on any atom is 0.134 e. The highest BCUT2D eigenvalue weighted by Gasteiger charge is 2.14. The van der Waals surface area contributed by atoms with Crippen LogP contribution in [0.4, 0.5) is 0 Å². The zero-order valence-corrected chi connectivity index (χ0v) is 12.9. The fraction of sp³-hybridized carbons (Fsp3) is 0.235. The van der Waals surface area contributed by atoms with Crippen molar-refractivity contribution in [2.75, 3.05) is 0 Å². The van der Waals surface area contributed by atoms with Crippen LogP contribution in [0, 0.1) is 25.2 Å². The van der Waals surface area contributed by atoms with Crippen LogP contribution in [0.3, 0.4) is 0 Å². The third-order valence-electron chi connectivity index (χ3n) is 3.23.